The zero-order valence-corrected chi connectivity index (χ0v) is 28.0. The monoisotopic (exact) mass is 668 g/mol. The normalized spacial score (nSPS) is 10.3. The highest BCUT2D eigenvalue weighted by Gasteiger charge is 2.20. The number of rotatable bonds is 10. The molecule has 252 valence electrons. The first-order chi connectivity index (χ1) is 24.0. The molecule has 0 saturated carbocycles. The van der Waals surface area contributed by atoms with Crippen LogP contribution in [0.3, 0.4) is 0 Å². The van der Waals surface area contributed by atoms with Crippen molar-refractivity contribution in [1.82, 2.24) is 0 Å². The topological polar surface area (TPSA) is 112 Å². The molecule has 0 aromatic heterocycles. The fourth-order valence-electron chi connectivity index (χ4n) is 4.72. The van der Waals surface area contributed by atoms with Gasteiger partial charge in [0.25, 0.3) is 0 Å². The first kappa shape index (κ1) is 34.8. The third-order valence-corrected chi connectivity index (χ3v) is 7.40. The molecule has 8 nitrogen and oxygen atoms in total. The molecule has 0 fully saturated rings. The number of hydrogen-bond donors (Lipinski definition) is 2. The Hall–Kier alpha value is -6.54. The molecule has 6 aromatic carbocycles. The Balaban J connectivity index is 0.000000194. The average molecular weight is 669 g/mol. The third kappa shape index (κ3) is 9.29. The molecule has 0 saturated heterocycles. The van der Waals surface area contributed by atoms with Gasteiger partial charge in [0.2, 0.25) is 0 Å². The van der Waals surface area contributed by atoms with Crippen LogP contribution in [0.2, 0.25) is 0 Å². The Kier molecular flexibility index (Phi) is 11.2. The lowest BCUT2D eigenvalue weighted by Crippen LogP contribution is -2.03. The first-order valence-electron chi connectivity index (χ1n) is 15.8. The minimum Gasteiger partial charge on any atom is -0.477 e. The number of aromatic carboxylic acids is 2. The maximum Gasteiger partial charge on any atom is 0.343 e. The van der Waals surface area contributed by atoms with Crippen molar-refractivity contribution in [2.75, 3.05) is 0 Å². The van der Waals surface area contributed by atoms with Gasteiger partial charge in [-0.1, -0.05) is 82.9 Å². The highest BCUT2D eigenvalue weighted by Crippen LogP contribution is 2.36. The largest absolute Gasteiger partial charge is 0.477 e. The van der Waals surface area contributed by atoms with Crippen molar-refractivity contribution < 1.29 is 38.7 Å². The SMILES string of the molecule is Cc1ccc(Oc2cccc(Oc3ccc(C)cc3)c2C(=O)O)cc1.Cc1ccc(Oc2cccc(Oc3ccc(C)cc3)c2C(=O)O)cc1. The van der Waals surface area contributed by atoms with Crippen LogP contribution >= 0.6 is 0 Å². The molecule has 0 unspecified atom stereocenters. The van der Waals surface area contributed by atoms with Crippen LogP contribution in [-0.2, 0) is 0 Å². The average Bonchev–Trinajstić information content (AvgIpc) is 3.09. The van der Waals surface area contributed by atoms with Gasteiger partial charge in [-0.05, 0) is 100 Å². The summed E-state index contributed by atoms with van der Waals surface area (Å²) >= 11 is 0. The van der Waals surface area contributed by atoms with Crippen molar-refractivity contribution in [2.24, 2.45) is 0 Å². The van der Waals surface area contributed by atoms with Crippen molar-refractivity contribution in [1.29, 1.82) is 0 Å². The quantitative estimate of drug-likeness (QED) is 0.148. The van der Waals surface area contributed by atoms with Gasteiger partial charge >= 0.3 is 11.9 Å². The fourth-order valence-corrected chi connectivity index (χ4v) is 4.72. The molecule has 2 N–H and O–H groups in total. The second-order valence-electron chi connectivity index (χ2n) is 11.5. The summed E-state index contributed by atoms with van der Waals surface area (Å²) in [4.78, 5) is 23.5. The zero-order chi connectivity index (χ0) is 35.6. The van der Waals surface area contributed by atoms with Gasteiger partial charge < -0.3 is 29.2 Å². The number of carbonyl (C=O) groups is 2. The molecule has 0 atom stereocenters. The van der Waals surface area contributed by atoms with E-state index >= 15 is 0 Å². The standard InChI is InChI=1S/2C21H18O4/c2*1-14-6-10-16(11-7-14)24-18-4-3-5-19(20(18)21(22)23)25-17-12-8-15(2)9-13-17/h2*3-13H,1-2H3,(H,22,23). The molecular weight excluding hydrogens is 632 g/mol. The second kappa shape index (κ2) is 16.0. The van der Waals surface area contributed by atoms with E-state index in [0.29, 0.717) is 23.0 Å². The van der Waals surface area contributed by atoms with Crippen LogP contribution in [0.5, 0.6) is 46.0 Å². The van der Waals surface area contributed by atoms with Crippen molar-refractivity contribution in [2.45, 2.75) is 27.7 Å². The Labute approximate surface area is 290 Å². The summed E-state index contributed by atoms with van der Waals surface area (Å²) in [6.07, 6.45) is 0. The minimum absolute atomic E-state index is 0.0105. The predicted molar refractivity (Wildman–Crippen MR) is 192 cm³/mol. The van der Waals surface area contributed by atoms with Crippen LogP contribution in [0.15, 0.2) is 133 Å². The summed E-state index contributed by atoms with van der Waals surface area (Å²) in [5.74, 6) is 1.01. The van der Waals surface area contributed by atoms with E-state index in [9.17, 15) is 19.8 Å². The van der Waals surface area contributed by atoms with Crippen molar-refractivity contribution in [3.8, 4) is 46.0 Å². The summed E-state index contributed by atoms with van der Waals surface area (Å²) in [6.45, 7) is 7.90. The molecule has 0 radical (unpaired) electrons. The lowest BCUT2D eigenvalue weighted by atomic mass is 10.1. The summed E-state index contributed by atoms with van der Waals surface area (Å²) in [7, 11) is 0. The van der Waals surface area contributed by atoms with E-state index in [4.69, 9.17) is 18.9 Å². The van der Waals surface area contributed by atoms with E-state index in [-0.39, 0.29) is 34.1 Å². The van der Waals surface area contributed by atoms with E-state index in [1.54, 1.807) is 84.9 Å². The molecule has 6 aromatic rings. The molecule has 50 heavy (non-hydrogen) atoms. The Morgan fingerprint density at radius 2 is 0.560 bits per heavy atom. The molecule has 0 amide bonds. The maximum absolute atomic E-state index is 11.8. The van der Waals surface area contributed by atoms with Gasteiger partial charge in [0.15, 0.2) is 0 Å². The number of ether oxygens (including phenoxy) is 4. The third-order valence-electron chi connectivity index (χ3n) is 7.40. The molecule has 8 heteroatoms. The van der Waals surface area contributed by atoms with Crippen molar-refractivity contribution >= 4 is 11.9 Å². The van der Waals surface area contributed by atoms with Crippen LogP contribution < -0.4 is 18.9 Å². The first-order valence-corrected chi connectivity index (χ1v) is 15.8. The molecule has 0 bridgehead atoms. The molecule has 0 aliphatic heterocycles. The number of aryl methyl sites for hydroxylation is 4. The lowest BCUT2D eigenvalue weighted by molar-refractivity contribution is 0.0679. The molecule has 0 aliphatic carbocycles. The minimum atomic E-state index is -1.11. The van der Waals surface area contributed by atoms with Crippen LogP contribution in [0, 0.1) is 27.7 Å². The number of carboxylic acids is 2. The fraction of sp³-hybridized carbons (Fsp3) is 0.0952. The van der Waals surface area contributed by atoms with Crippen LogP contribution in [-0.4, -0.2) is 22.2 Å². The van der Waals surface area contributed by atoms with Gasteiger partial charge in [0, 0.05) is 0 Å². The summed E-state index contributed by atoms with van der Waals surface area (Å²) in [5, 5.41) is 19.3. The van der Waals surface area contributed by atoms with Crippen LogP contribution in [0.25, 0.3) is 0 Å². The van der Waals surface area contributed by atoms with Gasteiger partial charge in [-0.3, -0.25) is 0 Å². The number of carboxylic acid groups (broad SMARTS) is 2. The van der Waals surface area contributed by atoms with Crippen LogP contribution in [0.4, 0.5) is 0 Å². The Morgan fingerprint density at radius 1 is 0.360 bits per heavy atom. The molecule has 6 rings (SSSR count). The summed E-state index contributed by atoms with van der Waals surface area (Å²) in [5.41, 5.74) is 4.38. The molecule has 0 aliphatic rings. The Morgan fingerprint density at radius 3 is 0.740 bits per heavy atom. The molecule has 0 spiro atoms. The number of benzene rings is 6. The van der Waals surface area contributed by atoms with Gasteiger partial charge in [0.1, 0.15) is 57.1 Å². The van der Waals surface area contributed by atoms with Crippen molar-refractivity contribution in [3.05, 3.63) is 167 Å². The predicted octanol–water partition coefficient (Wildman–Crippen LogP) is 11.2. The second-order valence-corrected chi connectivity index (χ2v) is 11.5. The van der Waals surface area contributed by atoms with Gasteiger partial charge in [0.05, 0.1) is 0 Å². The van der Waals surface area contributed by atoms with Crippen molar-refractivity contribution in [3.63, 3.8) is 0 Å². The zero-order valence-electron chi connectivity index (χ0n) is 28.0. The van der Waals surface area contributed by atoms with Crippen LogP contribution in [0.1, 0.15) is 43.0 Å². The van der Waals surface area contributed by atoms with E-state index in [0.717, 1.165) is 22.3 Å². The smallest absolute Gasteiger partial charge is 0.343 e. The van der Waals surface area contributed by atoms with Gasteiger partial charge in [-0.2, -0.15) is 0 Å². The van der Waals surface area contributed by atoms with E-state index in [2.05, 4.69) is 0 Å². The lowest BCUT2D eigenvalue weighted by Gasteiger charge is -2.13. The summed E-state index contributed by atoms with van der Waals surface area (Å²) < 4.78 is 23.0. The molecule has 0 heterocycles. The van der Waals surface area contributed by atoms with E-state index in [1.807, 2.05) is 76.2 Å². The summed E-state index contributed by atoms with van der Waals surface area (Å²) in [6, 6.07) is 39.5. The molecular formula is C42H36O8. The van der Waals surface area contributed by atoms with E-state index < -0.39 is 11.9 Å². The highest BCUT2D eigenvalue weighted by molar-refractivity contribution is 5.95. The maximum atomic E-state index is 11.8. The van der Waals surface area contributed by atoms with Gasteiger partial charge in [-0.15, -0.1) is 0 Å². The van der Waals surface area contributed by atoms with E-state index in [1.165, 1.54) is 0 Å². The Bertz CT molecular complexity index is 1780. The van der Waals surface area contributed by atoms with Gasteiger partial charge in [-0.25, -0.2) is 9.59 Å². The highest BCUT2D eigenvalue weighted by atomic mass is 16.5. The number of hydrogen-bond acceptors (Lipinski definition) is 6.